The minimum absolute atomic E-state index is 0.0186. The Hall–Kier alpha value is -0.620. The molecular weight excluding hydrogens is 264 g/mol. The van der Waals surface area contributed by atoms with Crippen LogP contribution in [0.1, 0.15) is 38.5 Å². The zero-order chi connectivity index (χ0) is 14.3. The quantitative estimate of drug-likeness (QED) is 0.716. The Kier molecular flexibility index (Phi) is 6.79. The molecule has 0 aromatic heterocycles. The molecule has 0 saturated heterocycles. The summed E-state index contributed by atoms with van der Waals surface area (Å²) < 4.78 is 23.9. The molecule has 0 heterocycles. The Labute approximate surface area is 116 Å². The van der Waals surface area contributed by atoms with Crippen LogP contribution in [-0.2, 0) is 14.6 Å². The predicted octanol–water partition coefficient (Wildman–Crippen LogP) is 0.789. The van der Waals surface area contributed by atoms with Gasteiger partial charge in [-0.2, -0.15) is 0 Å². The second-order valence-corrected chi connectivity index (χ2v) is 7.70. The van der Waals surface area contributed by atoms with Crippen LogP contribution in [0.2, 0.25) is 0 Å². The van der Waals surface area contributed by atoms with E-state index >= 15 is 0 Å². The Morgan fingerprint density at radius 2 is 1.95 bits per heavy atom. The molecule has 0 aliphatic heterocycles. The van der Waals surface area contributed by atoms with Crippen LogP contribution >= 0.6 is 0 Å². The fraction of sp³-hybridized carbons (Fsp3) is 0.923. The first kappa shape index (κ1) is 16.4. The van der Waals surface area contributed by atoms with E-state index in [0.717, 1.165) is 32.1 Å². The lowest BCUT2D eigenvalue weighted by atomic mass is 10.1. The van der Waals surface area contributed by atoms with Crippen molar-refractivity contribution in [2.24, 2.45) is 11.7 Å². The van der Waals surface area contributed by atoms with Crippen LogP contribution in [0.4, 0.5) is 0 Å². The van der Waals surface area contributed by atoms with Crippen LogP contribution in [0.15, 0.2) is 0 Å². The van der Waals surface area contributed by atoms with Gasteiger partial charge in [0.15, 0.2) is 9.84 Å². The van der Waals surface area contributed by atoms with Gasteiger partial charge < -0.3 is 10.6 Å². The molecule has 1 rings (SSSR count). The fourth-order valence-corrected chi connectivity index (χ4v) is 4.21. The number of rotatable bonds is 8. The van der Waals surface area contributed by atoms with E-state index < -0.39 is 9.84 Å². The third-order valence-electron chi connectivity index (χ3n) is 3.71. The van der Waals surface area contributed by atoms with Gasteiger partial charge in [0.1, 0.15) is 0 Å². The highest BCUT2D eigenvalue weighted by Crippen LogP contribution is 2.26. The molecule has 5 nitrogen and oxygen atoms in total. The number of sulfone groups is 1. The largest absolute Gasteiger partial charge is 0.346 e. The summed E-state index contributed by atoms with van der Waals surface area (Å²) in [4.78, 5) is 13.3. The number of nitrogens with two attached hydrogens (primary N) is 1. The highest BCUT2D eigenvalue weighted by Gasteiger charge is 2.23. The Bertz CT molecular complexity index is 375. The molecule has 0 radical (unpaired) electrons. The van der Waals surface area contributed by atoms with Crippen molar-refractivity contribution >= 4 is 15.7 Å². The molecule has 0 spiro atoms. The Morgan fingerprint density at radius 1 is 1.32 bits per heavy atom. The lowest BCUT2D eigenvalue weighted by Gasteiger charge is -2.17. The van der Waals surface area contributed by atoms with Crippen molar-refractivity contribution in [1.29, 1.82) is 0 Å². The first-order valence-electron chi connectivity index (χ1n) is 7.09. The molecule has 2 N–H and O–H groups in total. The van der Waals surface area contributed by atoms with Crippen LogP contribution in [-0.4, -0.2) is 50.9 Å². The first-order valence-corrected chi connectivity index (χ1v) is 8.91. The van der Waals surface area contributed by atoms with Gasteiger partial charge >= 0.3 is 0 Å². The number of carbonyl (C=O) groups excluding carboxylic acids is 1. The predicted molar refractivity (Wildman–Crippen MR) is 76.5 cm³/mol. The van der Waals surface area contributed by atoms with Crippen molar-refractivity contribution in [1.82, 2.24) is 4.90 Å². The van der Waals surface area contributed by atoms with Crippen molar-refractivity contribution in [3.05, 3.63) is 0 Å². The molecule has 1 fully saturated rings. The third kappa shape index (κ3) is 6.38. The molecule has 0 atom stereocenters. The average molecular weight is 290 g/mol. The SMILES string of the molecule is CN(CCCN)C(=O)CCS(=O)(=O)CC1CCCC1. The zero-order valence-corrected chi connectivity index (χ0v) is 12.6. The molecular formula is C13H26N2O3S. The fourth-order valence-electron chi connectivity index (χ4n) is 2.51. The second kappa shape index (κ2) is 7.85. The summed E-state index contributed by atoms with van der Waals surface area (Å²) in [6.07, 6.45) is 5.15. The maximum atomic E-state index is 11.9. The van der Waals surface area contributed by atoms with Gasteiger partial charge in [0, 0.05) is 20.0 Å². The smallest absolute Gasteiger partial charge is 0.223 e. The van der Waals surface area contributed by atoms with E-state index in [9.17, 15) is 13.2 Å². The van der Waals surface area contributed by atoms with Gasteiger partial charge in [0.2, 0.25) is 5.91 Å². The normalized spacial score (nSPS) is 16.7. The lowest BCUT2D eigenvalue weighted by Crippen LogP contribution is -2.31. The van der Waals surface area contributed by atoms with Crippen LogP contribution < -0.4 is 5.73 Å². The average Bonchev–Trinajstić information content (AvgIpc) is 2.85. The number of amides is 1. The highest BCUT2D eigenvalue weighted by atomic mass is 32.2. The summed E-state index contributed by atoms with van der Waals surface area (Å²) in [5, 5.41) is 0. The zero-order valence-electron chi connectivity index (χ0n) is 11.8. The van der Waals surface area contributed by atoms with Crippen LogP contribution in [0.25, 0.3) is 0 Å². The molecule has 1 amide bonds. The summed E-state index contributed by atoms with van der Waals surface area (Å²) in [6.45, 7) is 1.13. The molecule has 19 heavy (non-hydrogen) atoms. The molecule has 1 aliphatic rings. The maximum Gasteiger partial charge on any atom is 0.223 e. The van der Waals surface area contributed by atoms with Crippen LogP contribution in [0.5, 0.6) is 0 Å². The highest BCUT2D eigenvalue weighted by molar-refractivity contribution is 7.91. The van der Waals surface area contributed by atoms with E-state index in [1.54, 1.807) is 11.9 Å². The van der Waals surface area contributed by atoms with Gasteiger partial charge in [-0.25, -0.2) is 8.42 Å². The van der Waals surface area contributed by atoms with E-state index in [-0.39, 0.29) is 23.8 Å². The molecule has 112 valence electrons. The van der Waals surface area contributed by atoms with Gasteiger partial charge in [0.05, 0.1) is 11.5 Å². The summed E-state index contributed by atoms with van der Waals surface area (Å²) in [7, 11) is -1.39. The van der Waals surface area contributed by atoms with Crippen LogP contribution in [0.3, 0.4) is 0 Å². The number of nitrogens with zero attached hydrogens (tertiary/aromatic N) is 1. The van der Waals surface area contributed by atoms with Crippen molar-refractivity contribution in [3.8, 4) is 0 Å². The molecule has 0 unspecified atom stereocenters. The number of hydrogen-bond donors (Lipinski definition) is 1. The first-order chi connectivity index (χ1) is 8.94. The Morgan fingerprint density at radius 3 is 2.53 bits per heavy atom. The van der Waals surface area contributed by atoms with Crippen molar-refractivity contribution in [2.75, 3.05) is 31.6 Å². The van der Waals surface area contributed by atoms with Crippen molar-refractivity contribution in [2.45, 2.75) is 38.5 Å². The molecule has 0 aromatic carbocycles. The molecule has 6 heteroatoms. The second-order valence-electron chi connectivity index (χ2n) is 5.47. The summed E-state index contributed by atoms with van der Waals surface area (Å²) in [5.41, 5.74) is 5.38. The minimum atomic E-state index is -3.09. The van der Waals surface area contributed by atoms with Gasteiger partial charge in [-0.3, -0.25) is 4.79 Å². The van der Waals surface area contributed by atoms with E-state index in [2.05, 4.69) is 0 Å². The van der Waals surface area contributed by atoms with Gasteiger partial charge in [-0.05, 0) is 31.7 Å². The minimum Gasteiger partial charge on any atom is -0.346 e. The maximum absolute atomic E-state index is 11.9. The number of hydrogen-bond acceptors (Lipinski definition) is 4. The van der Waals surface area contributed by atoms with Crippen molar-refractivity contribution < 1.29 is 13.2 Å². The lowest BCUT2D eigenvalue weighted by molar-refractivity contribution is -0.129. The molecule has 0 aromatic rings. The third-order valence-corrected chi connectivity index (χ3v) is 5.52. The molecule has 1 saturated carbocycles. The van der Waals surface area contributed by atoms with E-state index in [1.807, 2.05) is 0 Å². The summed E-state index contributed by atoms with van der Waals surface area (Å²) in [5.74, 6) is 0.445. The monoisotopic (exact) mass is 290 g/mol. The van der Waals surface area contributed by atoms with E-state index in [0.29, 0.717) is 19.0 Å². The standard InChI is InChI=1S/C13H26N2O3S/c1-15(9-4-8-14)13(16)7-10-19(17,18)11-12-5-2-3-6-12/h12H,2-11,14H2,1H3. The van der Waals surface area contributed by atoms with E-state index in [4.69, 9.17) is 5.73 Å². The topological polar surface area (TPSA) is 80.5 Å². The van der Waals surface area contributed by atoms with Gasteiger partial charge in [-0.15, -0.1) is 0 Å². The van der Waals surface area contributed by atoms with Gasteiger partial charge in [-0.1, -0.05) is 12.8 Å². The summed E-state index contributed by atoms with van der Waals surface area (Å²) >= 11 is 0. The van der Waals surface area contributed by atoms with Crippen molar-refractivity contribution in [3.63, 3.8) is 0 Å². The summed E-state index contributed by atoms with van der Waals surface area (Å²) in [6, 6.07) is 0. The molecule has 1 aliphatic carbocycles. The van der Waals surface area contributed by atoms with E-state index in [1.165, 1.54) is 0 Å². The number of carbonyl (C=O) groups is 1. The van der Waals surface area contributed by atoms with Gasteiger partial charge in [0.25, 0.3) is 0 Å². The van der Waals surface area contributed by atoms with Crippen LogP contribution in [0, 0.1) is 5.92 Å². The Balaban J connectivity index is 2.31. The molecule has 0 bridgehead atoms.